The summed E-state index contributed by atoms with van der Waals surface area (Å²) in [6, 6.07) is 4.29. The van der Waals surface area contributed by atoms with E-state index in [2.05, 4.69) is 0 Å². The highest BCUT2D eigenvalue weighted by molar-refractivity contribution is 7.89. The molecule has 18 heavy (non-hydrogen) atoms. The largest absolute Gasteiger partial charge is 0.389 e. The Morgan fingerprint density at radius 1 is 1.17 bits per heavy atom. The van der Waals surface area contributed by atoms with E-state index in [4.69, 9.17) is 23.2 Å². The van der Waals surface area contributed by atoms with Crippen LogP contribution in [0.1, 0.15) is 0 Å². The van der Waals surface area contributed by atoms with E-state index in [9.17, 15) is 18.6 Å². The number of nitrogens with zero attached hydrogens (tertiary/aromatic N) is 1. The molecular weight excluding hydrogens is 301 g/mol. The molecule has 2 rings (SSSR count). The summed E-state index contributed by atoms with van der Waals surface area (Å²) in [5, 5.41) is 18.9. The Bertz CT molecular complexity index is 553. The normalized spacial score (nSPS) is 25.6. The highest BCUT2D eigenvalue weighted by Crippen LogP contribution is 2.32. The lowest BCUT2D eigenvalue weighted by molar-refractivity contribution is 0.0572. The first kappa shape index (κ1) is 14.0. The minimum atomic E-state index is -3.86. The van der Waals surface area contributed by atoms with Crippen LogP contribution in [0.3, 0.4) is 0 Å². The van der Waals surface area contributed by atoms with E-state index in [1.165, 1.54) is 18.2 Å². The van der Waals surface area contributed by atoms with Crippen LogP contribution in [0.2, 0.25) is 10.0 Å². The molecule has 100 valence electrons. The highest BCUT2D eigenvalue weighted by Gasteiger charge is 2.38. The Kier molecular flexibility index (Phi) is 3.87. The van der Waals surface area contributed by atoms with Gasteiger partial charge in [0.15, 0.2) is 0 Å². The molecule has 1 saturated heterocycles. The van der Waals surface area contributed by atoms with Gasteiger partial charge in [-0.05, 0) is 12.1 Å². The van der Waals surface area contributed by atoms with E-state index >= 15 is 0 Å². The molecule has 8 heteroatoms. The molecule has 1 fully saturated rings. The average molecular weight is 312 g/mol. The molecule has 1 aromatic rings. The van der Waals surface area contributed by atoms with Crippen LogP contribution in [0, 0.1) is 0 Å². The fourth-order valence-electron chi connectivity index (χ4n) is 1.75. The van der Waals surface area contributed by atoms with Crippen molar-refractivity contribution in [1.82, 2.24) is 4.31 Å². The molecule has 2 unspecified atom stereocenters. The number of rotatable bonds is 2. The van der Waals surface area contributed by atoms with Crippen LogP contribution in [0.4, 0.5) is 0 Å². The summed E-state index contributed by atoms with van der Waals surface area (Å²) >= 11 is 11.6. The number of hydrogen-bond acceptors (Lipinski definition) is 4. The summed E-state index contributed by atoms with van der Waals surface area (Å²) < 4.78 is 25.5. The third-order valence-electron chi connectivity index (χ3n) is 2.76. The number of sulfonamides is 1. The minimum Gasteiger partial charge on any atom is -0.389 e. The molecular formula is C10H11Cl2NO4S. The van der Waals surface area contributed by atoms with Gasteiger partial charge in [0.25, 0.3) is 0 Å². The van der Waals surface area contributed by atoms with Crippen LogP contribution in [-0.2, 0) is 10.0 Å². The zero-order valence-electron chi connectivity index (χ0n) is 9.12. The van der Waals surface area contributed by atoms with Gasteiger partial charge in [-0.3, -0.25) is 0 Å². The third-order valence-corrected chi connectivity index (χ3v) is 5.56. The van der Waals surface area contributed by atoms with E-state index in [1.54, 1.807) is 0 Å². The van der Waals surface area contributed by atoms with E-state index < -0.39 is 22.2 Å². The van der Waals surface area contributed by atoms with Gasteiger partial charge in [-0.25, -0.2) is 8.42 Å². The third kappa shape index (κ3) is 2.36. The highest BCUT2D eigenvalue weighted by atomic mass is 35.5. The fraction of sp³-hybridized carbons (Fsp3) is 0.400. The lowest BCUT2D eigenvalue weighted by Gasteiger charge is -2.16. The summed E-state index contributed by atoms with van der Waals surface area (Å²) in [4.78, 5) is -0.127. The lowest BCUT2D eigenvalue weighted by Crippen LogP contribution is -2.30. The van der Waals surface area contributed by atoms with E-state index in [-0.39, 0.29) is 28.0 Å². The van der Waals surface area contributed by atoms with Crippen molar-refractivity contribution < 1.29 is 18.6 Å². The number of aliphatic hydroxyl groups is 2. The molecule has 0 bridgehead atoms. The van der Waals surface area contributed by atoms with Crippen molar-refractivity contribution in [3.05, 3.63) is 28.2 Å². The maximum atomic E-state index is 12.3. The van der Waals surface area contributed by atoms with Crippen molar-refractivity contribution in [3.63, 3.8) is 0 Å². The summed E-state index contributed by atoms with van der Waals surface area (Å²) in [5.74, 6) is 0. The Morgan fingerprint density at radius 3 is 2.28 bits per heavy atom. The molecule has 0 aromatic heterocycles. The Morgan fingerprint density at radius 2 is 1.72 bits per heavy atom. The van der Waals surface area contributed by atoms with Crippen LogP contribution >= 0.6 is 23.2 Å². The molecule has 0 aliphatic carbocycles. The van der Waals surface area contributed by atoms with Gasteiger partial charge in [0.05, 0.1) is 22.3 Å². The first-order valence-corrected chi connectivity index (χ1v) is 7.34. The summed E-state index contributed by atoms with van der Waals surface area (Å²) in [6.45, 7) is -0.321. The van der Waals surface area contributed by atoms with Crippen molar-refractivity contribution in [3.8, 4) is 0 Å². The van der Waals surface area contributed by atoms with Gasteiger partial charge in [-0.1, -0.05) is 29.3 Å². The topological polar surface area (TPSA) is 77.8 Å². The Balaban J connectivity index is 2.41. The first-order chi connectivity index (χ1) is 8.34. The van der Waals surface area contributed by atoms with Gasteiger partial charge in [-0.15, -0.1) is 0 Å². The van der Waals surface area contributed by atoms with Crippen LogP contribution in [0.5, 0.6) is 0 Å². The molecule has 2 atom stereocenters. The van der Waals surface area contributed by atoms with Gasteiger partial charge < -0.3 is 10.2 Å². The van der Waals surface area contributed by atoms with Crippen molar-refractivity contribution in [2.45, 2.75) is 17.1 Å². The van der Waals surface area contributed by atoms with Crippen LogP contribution in [-0.4, -0.2) is 48.2 Å². The first-order valence-electron chi connectivity index (χ1n) is 5.14. The van der Waals surface area contributed by atoms with Gasteiger partial charge in [0, 0.05) is 13.1 Å². The monoisotopic (exact) mass is 311 g/mol. The maximum absolute atomic E-state index is 12.3. The predicted octanol–water partition coefficient (Wildman–Crippen LogP) is 0.720. The minimum absolute atomic E-state index is 0.0601. The molecule has 0 radical (unpaired) electrons. The molecule has 1 heterocycles. The molecule has 1 aliphatic heterocycles. The maximum Gasteiger partial charge on any atom is 0.244 e. The zero-order valence-corrected chi connectivity index (χ0v) is 11.5. The van der Waals surface area contributed by atoms with Crippen molar-refractivity contribution in [2.24, 2.45) is 0 Å². The second-order valence-electron chi connectivity index (χ2n) is 4.01. The van der Waals surface area contributed by atoms with Crippen molar-refractivity contribution in [1.29, 1.82) is 0 Å². The zero-order chi connectivity index (χ0) is 13.5. The Hall–Kier alpha value is -0.370. The van der Waals surface area contributed by atoms with Gasteiger partial charge >= 0.3 is 0 Å². The second kappa shape index (κ2) is 4.96. The van der Waals surface area contributed by atoms with Crippen molar-refractivity contribution in [2.75, 3.05) is 13.1 Å². The smallest absolute Gasteiger partial charge is 0.244 e. The van der Waals surface area contributed by atoms with Gasteiger partial charge in [0.2, 0.25) is 10.0 Å². The summed E-state index contributed by atoms with van der Waals surface area (Å²) in [6.07, 6.45) is -2.17. The fourth-order valence-corrected chi connectivity index (χ4v) is 3.97. The van der Waals surface area contributed by atoms with Gasteiger partial charge in [0.1, 0.15) is 4.90 Å². The number of aliphatic hydroxyl groups excluding tert-OH is 2. The van der Waals surface area contributed by atoms with Crippen LogP contribution in [0.25, 0.3) is 0 Å². The molecule has 2 N–H and O–H groups in total. The number of hydrogen-bond donors (Lipinski definition) is 2. The molecule has 0 amide bonds. The Labute approximate surface area is 115 Å². The number of benzene rings is 1. The number of halogens is 2. The quantitative estimate of drug-likeness (QED) is 0.843. The summed E-state index contributed by atoms with van der Waals surface area (Å²) in [7, 11) is -3.86. The van der Waals surface area contributed by atoms with E-state index in [0.717, 1.165) is 4.31 Å². The molecule has 1 aliphatic rings. The SMILES string of the molecule is O=S(=O)(c1cccc(Cl)c1Cl)N1CC(O)C(O)C1. The average Bonchev–Trinajstić information content (AvgIpc) is 2.63. The van der Waals surface area contributed by atoms with E-state index in [1.807, 2.05) is 0 Å². The molecule has 0 spiro atoms. The van der Waals surface area contributed by atoms with Crippen molar-refractivity contribution >= 4 is 33.2 Å². The number of β-amino-alcohol motifs (C(OH)–C–C–N with tert-alkyl or cyclic N) is 2. The summed E-state index contributed by atoms with van der Waals surface area (Å²) in [5.41, 5.74) is 0. The van der Waals surface area contributed by atoms with Crippen LogP contribution in [0.15, 0.2) is 23.1 Å². The predicted molar refractivity (Wildman–Crippen MR) is 67.2 cm³/mol. The van der Waals surface area contributed by atoms with Gasteiger partial charge in [-0.2, -0.15) is 4.31 Å². The lowest BCUT2D eigenvalue weighted by atomic mass is 10.3. The standard InChI is InChI=1S/C10H11Cl2NO4S/c11-6-2-1-3-9(10(6)12)18(16,17)13-4-7(14)8(15)5-13/h1-3,7-8,14-15H,4-5H2. The molecule has 1 aromatic carbocycles. The van der Waals surface area contributed by atoms with E-state index in [0.29, 0.717) is 0 Å². The molecule has 0 saturated carbocycles. The van der Waals surface area contributed by atoms with Crippen LogP contribution < -0.4 is 0 Å². The molecule has 5 nitrogen and oxygen atoms in total. The second-order valence-corrected chi connectivity index (χ2v) is 6.70.